The number of thioether (sulfide) groups is 1. The van der Waals surface area contributed by atoms with Gasteiger partial charge in [0.05, 0.1) is 5.75 Å². The summed E-state index contributed by atoms with van der Waals surface area (Å²) in [6, 6.07) is 0. The van der Waals surface area contributed by atoms with Gasteiger partial charge in [0.2, 0.25) is 0 Å². The van der Waals surface area contributed by atoms with Gasteiger partial charge >= 0.3 is 10.2 Å². The zero-order valence-corrected chi connectivity index (χ0v) is 7.76. The van der Waals surface area contributed by atoms with Gasteiger partial charge in [-0.25, -0.2) is 0 Å². The molecule has 0 aromatic rings. The van der Waals surface area contributed by atoms with Gasteiger partial charge in [0.15, 0.2) is 0 Å². The molecule has 0 N–H and O–H groups in total. The minimum atomic E-state index is -4.24. The van der Waals surface area contributed by atoms with Crippen molar-refractivity contribution in [2.45, 2.75) is 12.8 Å². The highest BCUT2D eigenvalue weighted by atomic mass is 32.3. The highest BCUT2D eigenvalue weighted by Gasteiger charge is 2.20. The van der Waals surface area contributed by atoms with E-state index in [2.05, 4.69) is 0 Å². The van der Waals surface area contributed by atoms with E-state index in [9.17, 15) is 12.3 Å². The number of halogens is 1. The molecule has 1 rings (SSSR count). The molecular formula is C6H11FO2S2. The summed E-state index contributed by atoms with van der Waals surface area (Å²) in [6.07, 6.45) is 1.88. The first kappa shape index (κ1) is 9.32. The molecule has 0 aromatic heterocycles. The third-order valence-corrected chi connectivity index (χ3v) is 3.84. The first-order valence-electron chi connectivity index (χ1n) is 3.58. The van der Waals surface area contributed by atoms with Crippen LogP contribution in [0, 0.1) is 5.92 Å². The molecule has 0 aromatic carbocycles. The van der Waals surface area contributed by atoms with Crippen LogP contribution in [0.5, 0.6) is 0 Å². The fourth-order valence-corrected chi connectivity index (χ4v) is 3.37. The minimum absolute atomic E-state index is 0.0451. The van der Waals surface area contributed by atoms with Crippen LogP contribution in [0.2, 0.25) is 0 Å². The molecule has 1 heterocycles. The molecule has 0 saturated carbocycles. The van der Waals surface area contributed by atoms with Crippen molar-refractivity contribution in [3.63, 3.8) is 0 Å². The van der Waals surface area contributed by atoms with Crippen molar-refractivity contribution in [3.8, 4) is 0 Å². The Morgan fingerprint density at radius 2 is 2.27 bits per heavy atom. The maximum absolute atomic E-state index is 12.1. The van der Waals surface area contributed by atoms with Crippen LogP contribution in [0.25, 0.3) is 0 Å². The summed E-state index contributed by atoms with van der Waals surface area (Å²) in [5, 5.41) is 0. The van der Waals surface area contributed by atoms with E-state index in [-0.39, 0.29) is 11.7 Å². The monoisotopic (exact) mass is 198 g/mol. The van der Waals surface area contributed by atoms with Crippen molar-refractivity contribution < 1.29 is 12.3 Å². The van der Waals surface area contributed by atoms with Gasteiger partial charge < -0.3 is 0 Å². The maximum atomic E-state index is 12.1. The normalized spacial score (nSPS) is 26.8. The average molecular weight is 198 g/mol. The standard InChI is InChI=1S/C6H11FO2S2/c7-11(8,9)5-6-2-1-3-10-4-6/h6H,1-5H2. The van der Waals surface area contributed by atoms with Crippen LogP contribution in [-0.4, -0.2) is 25.7 Å². The van der Waals surface area contributed by atoms with E-state index in [1.165, 1.54) is 0 Å². The van der Waals surface area contributed by atoms with Gasteiger partial charge in [-0.1, -0.05) is 0 Å². The number of hydrogen-bond donors (Lipinski definition) is 0. The summed E-state index contributed by atoms with van der Waals surface area (Å²) in [6.45, 7) is 0. The van der Waals surface area contributed by atoms with Gasteiger partial charge in [-0.3, -0.25) is 0 Å². The molecule has 11 heavy (non-hydrogen) atoms. The average Bonchev–Trinajstić information content (AvgIpc) is 1.85. The van der Waals surface area contributed by atoms with E-state index >= 15 is 0 Å². The second-order valence-corrected chi connectivity index (χ2v) is 5.35. The van der Waals surface area contributed by atoms with Gasteiger partial charge in [0, 0.05) is 0 Å². The molecule has 1 unspecified atom stereocenters. The van der Waals surface area contributed by atoms with Crippen molar-refractivity contribution in [2.24, 2.45) is 5.92 Å². The topological polar surface area (TPSA) is 34.1 Å². The molecule has 1 atom stereocenters. The molecule has 2 nitrogen and oxygen atoms in total. The minimum Gasteiger partial charge on any atom is -0.195 e. The third kappa shape index (κ3) is 3.96. The summed E-state index contributed by atoms with van der Waals surface area (Å²) < 4.78 is 32.6. The predicted molar refractivity (Wildman–Crippen MR) is 44.9 cm³/mol. The smallest absolute Gasteiger partial charge is 0.195 e. The Morgan fingerprint density at radius 3 is 2.73 bits per heavy atom. The van der Waals surface area contributed by atoms with Gasteiger partial charge in [-0.15, -0.1) is 3.89 Å². The molecule has 66 valence electrons. The van der Waals surface area contributed by atoms with E-state index in [1.54, 1.807) is 11.8 Å². The molecule has 0 radical (unpaired) electrons. The van der Waals surface area contributed by atoms with E-state index < -0.39 is 10.2 Å². The summed E-state index contributed by atoms with van der Waals surface area (Å²) in [7, 11) is -4.24. The Bertz CT molecular complexity index is 207. The molecule has 0 bridgehead atoms. The Morgan fingerprint density at radius 1 is 1.55 bits per heavy atom. The SMILES string of the molecule is O=S(=O)(F)CC1CCCSC1. The molecular weight excluding hydrogens is 187 g/mol. The molecule has 1 aliphatic rings. The molecule has 5 heteroatoms. The van der Waals surface area contributed by atoms with Crippen LogP contribution in [0.1, 0.15) is 12.8 Å². The lowest BCUT2D eigenvalue weighted by molar-refractivity contribution is 0.515. The fraction of sp³-hybridized carbons (Fsp3) is 1.00. The fourth-order valence-electron chi connectivity index (χ4n) is 1.22. The Balaban J connectivity index is 2.36. The molecule has 0 amide bonds. The largest absolute Gasteiger partial charge is 0.302 e. The first-order valence-corrected chi connectivity index (χ1v) is 6.29. The summed E-state index contributed by atoms with van der Waals surface area (Å²) in [5.41, 5.74) is 0. The van der Waals surface area contributed by atoms with Crippen molar-refractivity contribution >= 4 is 22.0 Å². The van der Waals surface area contributed by atoms with E-state index in [0.717, 1.165) is 24.3 Å². The lowest BCUT2D eigenvalue weighted by atomic mass is 10.1. The second kappa shape index (κ2) is 3.76. The first-order chi connectivity index (χ1) is 5.08. The van der Waals surface area contributed by atoms with Gasteiger partial charge in [0.1, 0.15) is 0 Å². The van der Waals surface area contributed by atoms with Crippen molar-refractivity contribution in [1.29, 1.82) is 0 Å². The van der Waals surface area contributed by atoms with Crippen LogP contribution >= 0.6 is 11.8 Å². The molecule has 1 aliphatic heterocycles. The van der Waals surface area contributed by atoms with Crippen molar-refractivity contribution in [1.82, 2.24) is 0 Å². The zero-order valence-electron chi connectivity index (χ0n) is 6.12. The zero-order chi connectivity index (χ0) is 8.32. The predicted octanol–water partition coefficient (Wildman–Crippen LogP) is 1.43. The molecule has 0 aliphatic carbocycles. The number of rotatable bonds is 2. The second-order valence-electron chi connectivity index (χ2n) is 2.79. The van der Waals surface area contributed by atoms with Crippen molar-refractivity contribution in [3.05, 3.63) is 0 Å². The summed E-state index contributed by atoms with van der Waals surface area (Å²) in [4.78, 5) is 0. The molecule has 1 fully saturated rings. The van der Waals surface area contributed by atoms with E-state index in [0.29, 0.717) is 0 Å². The maximum Gasteiger partial charge on any atom is 0.302 e. The van der Waals surface area contributed by atoms with Crippen LogP contribution in [-0.2, 0) is 10.2 Å². The lowest BCUT2D eigenvalue weighted by Crippen LogP contribution is -2.18. The van der Waals surface area contributed by atoms with Crippen LogP contribution in [0.15, 0.2) is 0 Å². The summed E-state index contributed by atoms with van der Waals surface area (Å²) >= 11 is 1.71. The Hall–Kier alpha value is 0.230. The quantitative estimate of drug-likeness (QED) is 0.629. The Labute approximate surface area is 70.8 Å². The van der Waals surface area contributed by atoms with E-state index in [4.69, 9.17) is 0 Å². The van der Waals surface area contributed by atoms with Crippen molar-refractivity contribution in [2.75, 3.05) is 17.3 Å². The van der Waals surface area contributed by atoms with E-state index in [1.807, 2.05) is 0 Å². The third-order valence-electron chi connectivity index (χ3n) is 1.69. The highest BCUT2D eigenvalue weighted by Crippen LogP contribution is 2.23. The van der Waals surface area contributed by atoms with Crippen LogP contribution in [0.3, 0.4) is 0 Å². The van der Waals surface area contributed by atoms with Crippen LogP contribution < -0.4 is 0 Å². The highest BCUT2D eigenvalue weighted by molar-refractivity contribution is 7.99. The van der Waals surface area contributed by atoms with Gasteiger partial charge in [-0.05, 0) is 30.3 Å². The molecule has 0 spiro atoms. The lowest BCUT2D eigenvalue weighted by Gasteiger charge is -2.18. The summed E-state index contributed by atoms with van der Waals surface area (Å²) in [5.74, 6) is 1.65. The van der Waals surface area contributed by atoms with Gasteiger partial charge in [-0.2, -0.15) is 20.2 Å². The van der Waals surface area contributed by atoms with Crippen LogP contribution in [0.4, 0.5) is 3.89 Å². The number of hydrogen-bond acceptors (Lipinski definition) is 3. The molecule has 1 saturated heterocycles. The van der Waals surface area contributed by atoms with Gasteiger partial charge in [0.25, 0.3) is 0 Å². The Kier molecular flexibility index (Phi) is 3.18.